The highest BCUT2D eigenvalue weighted by molar-refractivity contribution is 5.66. The molecule has 0 aliphatic heterocycles. The van der Waals surface area contributed by atoms with E-state index in [1.807, 2.05) is 0 Å². The molecule has 1 saturated carbocycles. The van der Waals surface area contributed by atoms with Crippen molar-refractivity contribution in [2.45, 2.75) is 25.9 Å². The summed E-state index contributed by atoms with van der Waals surface area (Å²) in [6.45, 7) is 1.50. The summed E-state index contributed by atoms with van der Waals surface area (Å²) in [5.74, 6) is 2.50. The molecule has 1 fully saturated rings. The molecule has 5 atom stereocenters. The van der Waals surface area contributed by atoms with Crippen LogP contribution >= 0.6 is 0 Å². The van der Waals surface area contributed by atoms with Crippen LogP contribution < -0.4 is 0 Å². The van der Waals surface area contributed by atoms with Gasteiger partial charge >= 0.3 is 5.97 Å². The number of esters is 1. The molecule has 0 aromatic heterocycles. The number of hydrogen-bond acceptors (Lipinski definition) is 2. The maximum absolute atomic E-state index is 11.0. The first kappa shape index (κ1) is 9.20. The molecule has 0 radical (unpaired) electrons. The smallest absolute Gasteiger partial charge is 0.303 e. The number of allylic oxidation sites excluding steroid dienone is 3. The minimum atomic E-state index is -0.156. The molecule has 2 heteroatoms. The van der Waals surface area contributed by atoms with E-state index in [-0.39, 0.29) is 12.1 Å². The van der Waals surface area contributed by atoms with Gasteiger partial charge < -0.3 is 4.74 Å². The van der Waals surface area contributed by atoms with E-state index in [1.165, 1.54) is 13.3 Å². The van der Waals surface area contributed by atoms with Gasteiger partial charge in [0.2, 0.25) is 0 Å². The summed E-state index contributed by atoms with van der Waals surface area (Å²) in [6, 6.07) is 0. The summed E-state index contributed by atoms with van der Waals surface area (Å²) < 4.78 is 5.40. The molecule has 0 spiro atoms. The predicted octanol–water partition coefficient (Wildman–Crippen LogP) is 2.32. The average molecular weight is 204 g/mol. The first-order chi connectivity index (χ1) is 7.25. The van der Waals surface area contributed by atoms with E-state index in [4.69, 9.17) is 4.74 Å². The van der Waals surface area contributed by atoms with Crippen LogP contribution in [0.5, 0.6) is 0 Å². The van der Waals surface area contributed by atoms with E-state index in [0.29, 0.717) is 17.8 Å². The van der Waals surface area contributed by atoms with Crippen molar-refractivity contribution in [2.24, 2.45) is 23.7 Å². The maximum atomic E-state index is 11.0. The summed E-state index contributed by atoms with van der Waals surface area (Å²) in [5, 5.41) is 0. The van der Waals surface area contributed by atoms with Gasteiger partial charge in [0.1, 0.15) is 6.10 Å². The SMILES string of the molecule is CC(=O)O[C@@H]1C=CC[C@H]2[C@H]1[C@H]1C=C[C@@H]2C1. The zero-order chi connectivity index (χ0) is 10.4. The van der Waals surface area contributed by atoms with E-state index < -0.39 is 0 Å². The molecule has 3 aliphatic rings. The van der Waals surface area contributed by atoms with Crippen molar-refractivity contribution in [1.82, 2.24) is 0 Å². The van der Waals surface area contributed by atoms with Crippen LogP contribution in [0.25, 0.3) is 0 Å². The van der Waals surface area contributed by atoms with Gasteiger partial charge in [0, 0.05) is 12.8 Å². The Kier molecular flexibility index (Phi) is 1.98. The topological polar surface area (TPSA) is 26.3 Å². The average Bonchev–Trinajstić information content (AvgIpc) is 2.77. The minimum absolute atomic E-state index is 0.0289. The number of carbonyl (C=O) groups excluding carboxylic acids is 1. The monoisotopic (exact) mass is 204 g/mol. The predicted molar refractivity (Wildman–Crippen MR) is 57.0 cm³/mol. The quantitative estimate of drug-likeness (QED) is 0.484. The highest BCUT2D eigenvalue weighted by Gasteiger charge is 2.48. The van der Waals surface area contributed by atoms with Crippen LogP contribution in [0.1, 0.15) is 19.8 Å². The van der Waals surface area contributed by atoms with Crippen LogP contribution in [0.3, 0.4) is 0 Å². The van der Waals surface area contributed by atoms with Gasteiger partial charge in [-0.3, -0.25) is 4.79 Å². The van der Waals surface area contributed by atoms with Crippen LogP contribution in [0.2, 0.25) is 0 Å². The molecule has 15 heavy (non-hydrogen) atoms. The molecule has 0 aromatic carbocycles. The number of carbonyl (C=O) groups is 1. The number of fused-ring (bicyclic) bond motifs is 5. The lowest BCUT2D eigenvalue weighted by molar-refractivity contribution is -0.147. The lowest BCUT2D eigenvalue weighted by Gasteiger charge is -2.35. The fourth-order valence-electron chi connectivity index (χ4n) is 3.59. The fraction of sp³-hybridized carbons (Fsp3) is 0.615. The van der Waals surface area contributed by atoms with Crippen LogP contribution in [0.4, 0.5) is 0 Å². The van der Waals surface area contributed by atoms with Crippen molar-refractivity contribution in [3.05, 3.63) is 24.3 Å². The second-order valence-corrected chi connectivity index (χ2v) is 4.93. The summed E-state index contributed by atoms with van der Waals surface area (Å²) in [7, 11) is 0. The van der Waals surface area contributed by atoms with Crippen LogP contribution in [-0.2, 0) is 9.53 Å². The van der Waals surface area contributed by atoms with E-state index >= 15 is 0 Å². The van der Waals surface area contributed by atoms with Crippen LogP contribution in [0, 0.1) is 23.7 Å². The minimum Gasteiger partial charge on any atom is -0.458 e. The molecule has 2 nitrogen and oxygen atoms in total. The van der Waals surface area contributed by atoms with Crippen LogP contribution in [-0.4, -0.2) is 12.1 Å². The third-order valence-corrected chi connectivity index (χ3v) is 4.10. The molecule has 80 valence electrons. The Balaban J connectivity index is 1.84. The molecule has 2 bridgehead atoms. The fourth-order valence-corrected chi connectivity index (χ4v) is 3.59. The zero-order valence-corrected chi connectivity index (χ0v) is 8.93. The first-order valence-electron chi connectivity index (χ1n) is 5.78. The molecule has 0 unspecified atom stereocenters. The Bertz CT molecular complexity index is 342. The summed E-state index contributed by atoms with van der Waals surface area (Å²) in [5.41, 5.74) is 0. The van der Waals surface area contributed by atoms with Crippen molar-refractivity contribution in [3.8, 4) is 0 Å². The zero-order valence-electron chi connectivity index (χ0n) is 8.93. The van der Waals surface area contributed by atoms with Crippen molar-refractivity contribution in [2.75, 3.05) is 0 Å². The van der Waals surface area contributed by atoms with E-state index in [2.05, 4.69) is 24.3 Å². The Labute approximate surface area is 90.0 Å². The lowest BCUT2D eigenvalue weighted by atomic mass is 9.75. The number of ether oxygens (including phenoxy) is 1. The third-order valence-electron chi connectivity index (χ3n) is 4.10. The van der Waals surface area contributed by atoms with Gasteiger partial charge in [-0.05, 0) is 36.7 Å². The van der Waals surface area contributed by atoms with E-state index in [1.54, 1.807) is 0 Å². The molecule has 3 aliphatic carbocycles. The number of rotatable bonds is 1. The molecule has 0 N–H and O–H groups in total. The third kappa shape index (κ3) is 1.35. The van der Waals surface area contributed by atoms with Crippen molar-refractivity contribution >= 4 is 5.97 Å². The largest absolute Gasteiger partial charge is 0.458 e. The molecule has 0 heterocycles. The Morgan fingerprint density at radius 3 is 2.87 bits per heavy atom. The highest BCUT2D eigenvalue weighted by Crippen LogP contribution is 2.53. The second-order valence-electron chi connectivity index (χ2n) is 4.93. The molecule has 0 aromatic rings. The Hall–Kier alpha value is -1.05. The summed E-state index contributed by atoms with van der Waals surface area (Å²) in [6.07, 6.45) is 11.4. The molecule has 3 rings (SSSR count). The molecular formula is C13H16O2. The standard InChI is InChI=1S/C13H16O2/c1-8(14)15-12-4-2-3-11-9-5-6-10(7-9)13(11)12/h2,4-6,9-13H,3,7H2,1H3/t9-,10+,11-,12-,13-/m1/s1. The molecular weight excluding hydrogens is 188 g/mol. The highest BCUT2D eigenvalue weighted by atomic mass is 16.5. The van der Waals surface area contributed by atoms with Gasteiger partial charge in [-0.2, -0.15) is 0 Å². The normalized spacial score (nSPS) is 45.5. The van der Waals surface area contributed by atoms with Crippen molar-refractivity contribution in [3.63, 3.8) is 0 Å². The van der Waals surface area contributed by atoms with Gasteiger partial charge in [-0.15, -0.1) is 0 Å². The van der Waals surface area contributed by atoms with Crippen molar-refractivity contribution in [1.29, 1.82) is 0 Å². The van der Waals surface area contributed by atoms with Gasteiger partial charge in [-0.1, -0.05) is 18.2 Å². The van der Waals surface area contributed by atoms with Gasteiger partial charge in [0.05, 0.1) is 0 Å². The van der Waals surface area contributed by atoms with Gasteiger partial charge in [0.25, 0.3) is 0 Å². The maximum Gasteiger partial charge on any atom is 0.303 e. The molecule has 0 amide bonds. The Morgan fingerprint density at radius 2 is 2.07 bits per heavy atom. The molecule has 0 saturated heterocycles. The van der Waals surface area contributed by atoms with E-state index in [9.17, 15) is 4.79 Å². The van der Waals surface area contributed by atoms with E-state index in [0.717, 1.165) is 12.3 Å². The van der Waals surface area contributed by atoms with Gasteiger partial charge in [0.15, 0.2) is 0 Å². The lowest BCUT2D eigenvalue weighted by Crippen LogP contribution is -2.35. The second kappa shape index (κ2) is 3.22. The first-order valence-corrected chi connectivity index (χ1v) is 5.78. The number of hydrogen-bond donors (Lipinski definition) is 0. The summed E-state index contributed by atoms with van der Waals surface area (Å²) in [4.78, 5) is 11.0. The van der Waals surface area contributed by atoms with Gasteiger partial charge in [-0.25, -0.2) is 0 Å². The van der Waals surface area contributed by atoms with Crippen molar-refractivity contribution < 1.29 is 9.53 Å². The summed E-state index contributed by atoms with van der Waals surface area (Å²) >= 11 is 0. The Morgan fingerprint density at radius 1 is 1.27 bits per heavy atom. The van der Waals surface area contributed by atoms with Crippen LogP contribution in [0.15, 0.2) is 24.3 Å².